The van der Waals surface area contributed by atoms with Crippen LogP contribution in [-0.2, 0) is 4.79 Å². The fourth-order valence-electron chi connectivity index (χ4n) is 1.73. The van der Waals surface area contributed by atoms with Gasteiger partial charge in [-0.1, -0.05) is 15.9 Å². The van der Waals surface area contributed by atoms with Crippen LogP contribution in [0.25, 0.3) is 0 Å². The van der Waals surface area contributed by atoms with Gasteiger partial charge in [-0.25, -0.2) is 0 Å². The van der Waals surface area contributed by atoms with Crippen LogP contribution in [0.15, 0.2) is 51.6 Å². The van der Waals surface area contributed by atoms with Crippen molar-refractivity contribution in [1.29, 1.82) is 0 Å². The smallest absolute Gasteiger partial charge is 0.305 e. The summed E-state index contributed by atoms with van der Waals surface area (Å²) in [6, 6.07) is 9.38. The highest BCUT2D eigenvalue weighted by molar-refractivity contribution is 9.10. The van der Waals surface area contributed by atoms with Gasteiger partial charge >= 0.3 is 5.97 Å². The molecule has 104 valence electrons. The van der Waals surface area contributed by atoms with E-state index < -0.39 is 12.0 Å². The second-order valence-electron chi connectivity index (χ2n) is 4.15. The van der Waals surface area contributed by atoms with Crippen LogP contribution >= 0.6 is 15.9 Å². The highest BCUT2D eigenvalue weighted by Gasteiger charge is 2.21. The van der Waals surface area contributed by atoms with E-state index in [4.69, 9.17) is 9.52 Å². The van der Waals surface area contributed by atoms with E-state index in [-0.39, 0.29) is 12.3 Å². The molecule has 1 unspecified atom stereocenters. The minimum atomic E-state index is -1.01. The Hall–Kier alpha value is -2.08. The normalized spacial score (nSPS) is 11.8. The first-order chi connectivity index (χ1) is 9.56. The number of carbonyl (C=O) groups excluding carboxylic acids is 1. The summed E-state index contributed by atoms with van der Waals surface area (Å²) in [7, 11) is 0. The summed E-state index contributed by atoms with van der Waals surface area (Å²) in [5, 5.41) is 11.6. The zero-order valence-corrected chi connectivity index (χ0v) is 12.0. The van der Waals surface area contributed by atoms with Crippen LogP contribution in [0.5, 0.6) is 0 Å². The van der Waals surface area contributed by atoms with Gasteiger partial charge in [0.25, 0.3) is 5.91 Å². The Morgan fingerprint density at radius 1 is 1.25 bits per heavy atom. The molecule has 20 heavy (non-hydrogen) atoms. The largest absolute Gasteiger partial charge is 0.481 e. The van der Waals surface area contributed by atoms with Crippen LogP contribution in [0.1, 0.15) is 28.6 Å². The number of carboxylic acids is 1. The zero-order valence-electron chi connectivity index (χ0n) is 10.4. The molecular formula is C14H12BrNO4. The molecule has 2 N–H and O–H groups in total. The van der Waals surface area contributed by atoms with Crippen LogP contribution in [0.2, 0.25) is 0 Å². The maximum absolute atomic E-state index is 12.1. The molecule has 6 heteroatoms. The van der Waals surface area contributed by atoms with Gasteiger partial charge in [-0.05, 0) is 36.4 Å². The van der Waals surface area contributed by atoms with E-state index in [1.54, 1.807) is 36.4 Å². The van der Waals surface area contributed by atoms with Crippen LogP contribution in [-0.4, -0.2) is 17.0 Å². The maximum atomic E-state index is 12.1. The Morgan fingerprint density at radius 3 is 2.50 bits per heavy atom. The minimum absolute atomic E-state index is 0.240. The minimum Gasteiger partial charge on any atom is -0.481 e. The molecule has 0 saturated carbocycles. The summed E-state index contributed by atoms with van der Waals surface area (Å²) in [6.07, 6.45) is 1.20. The first kappa shape index (κ1) is 14.3. The number of carbonyl (C=O) groups is 2. The molecule has 0 saturated heterocycles. The summed E-state index contributed by atoms with van der Waals surface area (Å²) in [4.78, 5) is 23.0. The molecule has 0 aliphatic heterocycles. The van der Waals surface area contributed by atoms with Crippen molar-refractivity contribution in [2.75, 3.05) is 0 Å². The van der Waals surface area contributed by atoms with Gasteiger partial charge in [0.05, 0.1) is 18.7 Å². The molecule has 1 aromatic heterocycles. The van der Waals surface area contributed by atoms with E-state index in [0.29, 0.717) is 11.3 Å². The standard InChI is InChI=1S/C14H12BrNO4/c15-10-5-3-9(4-6-10)14(19)16-11(8-13(17)18)12-2-1-7-20-12/h1-7,11H,8H2,(H,16,19)(H,17,18). The van der Waals surface area contributed by atoms with Gasteiger partial charge in [-0.3, -0.25) is 9.59 Å². The van der Waals surface area contributed by atoms with Crippen LogP contribution in [0, 0.1) is 0 Å². The number of amides is 1. The van der Waals surface area contributed by atoms with Crippen molar-refractivity contribution in [2.45, 2.75) is 12.5 Å². The third kappa shape index (κ3) is 3.71. The average Bonchev–Trinajstić information content (AvgIpc) is 2.92. The Kier molecular flexibility index (Phi) is 4.57. The molecule has 1 heterocycles. The van der Waals surface area contributed by atoms with Crippen molar-refractivity contribution in [2.24, 2.45) is 0 Å². The van der Waals surface area contributed by atoms with Gasteiger partial charge in [-0.2, -0.15) is 0 Å². The highest BCUT2D eigenvalue weighted by atomic mass is 79.9. The molecule has 0 aliphatic rings. The molecule has 1 amide bonds. The summed E-state index contributed by atoms with van der Waals surface area (Å²) < 4.78 is 6.03. The van der Waals surface area contributed by atoms with E-state index in [1.165, 1.54) is 6.26 Å². The van der Waals surface area contributed by atoms with Crippen molar-refractivity contribution >= 4 is 27.8 Å². The summed E-state index contributed by atoms with van der Waals surface area (Å²) >= 11 is 3.29. The second-order valence-corrected chi connectivity index (χ2v) is 5.06. The topological polar surface area (TPSA) is 79.5 Å². The number of rotatable bonds is 5. The average molecular weight is 338 g/mol. The van der Waals surface area contributed by atoms with Gasteiger partial charge < -0.3 is 14.8 Å². The monoisotopic (exact) mass is 337 g/mol. The number of benzene rings is 1. The lowest BCUT2D eigenvalue weighted by molar-refractivity contribution is -0.137. The predicted octanol–water partition coefficient (Wildman–Crippen LogP) is 2.99. The molecule has 1 aromatic carbocycles. The summed E-state index contributed by atoms with van der Waals surface area (Å²) in [6.45, 7) is 0. The Labute approximate surface area is 123 Å². The third-order valence-electron chi connectivity index (χ3n) is 2.68. The van der Waals surface area contributed by atoms with Gasteiger partial charge in [-0.15, -0.1) is 0 Å². The molecule has 0 spiro atoms. The van der Waals surface area contributed by atoms with Crippen LogP contribution < -0.4 is 5.32 Å². The quantitative estimate of drug-likeness (QED) is 0.878. The van der Waals surface area contributed by atoms with Crippen LogP contribution in [0.3, 0.4) is 0 Å². The van der Waals surface area contributed by atoms with Gasteiger partial charge in [0, 0.05) is 10.0 Å². The first-order valence-electron chi connectivity index (χ1n) is 5.88. The van der Waals surface area contributed by atoms with Gasteiger partial charge in [0.15, 0.2) is 0 Å². The lowest BCUT2D eigenvalue weighted by Gasteiger charge is -2.14. The van der Waals surface area contributed by atoms with Crippen molar-refractivity contribution in [3.8, 4) is 0 Å². The molecule has 0 bridgehead atoms. The van der Waals surface area contributed by atoms with E-state index in [9.17, 15) is 9.59 Å². The fraction of sp³-hybridized carbons (Fsp3) is 0.143. The SMILES string of the molecule is O=C(O)CC(NC(=O)c1ccc(Br)cc1)c1ccco1. The molecular weight excluding hydrogens is 326 g/mol. The molecule has 1 atom stereocenters. The summed E-state index contributed by atoms with van der Waals surface area (Å²) in [5.74, 6) is -0.944. The zero-order chi connectivity index (χ0) is 14.5. The van der Waals surface area contributed by atoms with Gasteiger partial charge in [0.1, 0.15) is 5.76 Å². The lowest BCUT2D eigenvalue weighted by Crippen LogP contribution is -2.29. The second kappa shape index (κ2) is 6.38. The molecule has 0 radical (unpaired) electrons. The van der Waals surface area contributed by atoms with Crippen LogP contribution in [0.4, 0.5) is 0 Å². The summed E-state index contributed by atoms with van der Waals surface area (Å²) in [5.41, 5.74) is 0.454. The maximum Gasteiger partial charge on any atom is 0.305 e. The first-order valence-corrected chi connectivity index (χ1v) is 6.67. The molecule has 0 fully saturated rings. The number of carboxylic acid groups (broad SMARTS) is 1. The Bertz CT molecular complexity index is 592. The Morgan fingerprint density at radius 2 is 1.95 bits per heavy atom. The van der Waals surface area contributed by atoms with Crippen molar-refractivity contribution in [3.63, 3.8) is 0 Å². The lowest BCUT2D eigenvalue weighted by atomic mass is 10.1. The van der Waals surface area contributed by atoms with Crippen molar-refractivity contribution < 1.29 is 19.1 Å². The highest BCUT2D eigenvalue weighted by Crippen LogP contribution is 2.18. The molecule has 5 nitrogen and oxygen atoms in total. The van der Waals surface area contributed by atoms with Crippen molar-refractivity contribution in [1.82, 2.24) is 5.32 Å². The third-order valence-corrected chi connectivity index (χ3v) is 3.21. The number of aliphatic carboxylic acids is 1. The predicted molar refractivity (Wildman–Crippen MR) is 75.3 cm³/mol. The van der Waals surface area contributed by atoms with Crippen molar-refractivity contribution in [3.05, 3.63) is 58.5 Å². The molecule has 0 aliphatic carbocycles. The molecule has 2 aromatic rings. The molecule has 2 rings (SSSR count). The Balaban J connectivity index is 2.13. The fourth-order valence-corrected chi connectivity index (χ4v) is 1.99. The van der Waals surface area contributed by atoms with E-state index in [1.807, 2.05) is 0 Å². The number of hydrogen-bond acceptors (Lipinski definition) is 3. The number of furan rings is 1. The number of halogens is 1. The van der Waals surface area contributed by atoms with E-state index in [2.05, 4.69) is 21.2 Å². The number of nitrogens with one attached hydrogen (secondary N) is 1. The van der Waals surface area contributed by atoms with E-state index in [0.717, 1.165) is 4.47 Å². The van der Waals surface area contributed by atoms with Gasteiger partial charge in [0.2, 0.25) is 0 Å². The number of hydrogen-bond donors (Lipinski definition) is 2. The van der Waals surface area contributed by atoms with E-state index >= 15 is 0 Å².